The van der Waals surface area contributed by atoms with Gasteiger partial charge in [0.2, 0.25) is 5.76 Å². The van der Waals surface area contributed by atoms with Gasteiger partial charge in [-0.3, -0.25) is 4.79 Å². The van der Waals surface area contributed by atoms with Gasteiger partial charge in [-0.15, -0.1) is 0 Å². The lowest BCUT2D eigenvalue weighted by molar-refractivity contribution is -0.114. The van der Waals surface area contributed by atoms with Crippen molar-refractivity contribution < 1.29 is 28.6 Å². The van der Waals surface area contributed by atoms with E-state index < -0.39 is 11.9 Å². The minimum Gasteiger partial charge on any atom is -0.475 e. The van der Waals surface area contributed by atoms with Gasteiger partial charge in [-0.2, -0.15) is 10.1 Å². The number of carboxylic acid groups (broad SMARTS) is 1. The summed E-state index contributed by atoms with van der Waals surface area (Å²) in [5, 5.41) is 14.3. The Bertz CT molecular complexity index is 968. The Balaban J connectivity index is 1.83. The van der Waals surface area contributed by atoms with Crippen LogP contribution in [0, 0.1) is 0 Å². The number of aromatic carboxylic acids is 1. The molecule has 1 aliphatic heterocycles. The Kier molecular flexibility index (Phi) is 4.89. The molecule has 1 aliphatic rings. The second-order valence-electron chi connectivity index (χ2n) is 5.63. The minimum absolute atomic E-state index is 0.215. The van der Waals surface area contributed by atoms with Gasteiger partial charge < -0.3 is 14.3 Å². The van der Waals surface area contributed by atoms with Gasteiger partial charge in [-0.25, -0.2) is 9.59 Å². The summed E-state index contributed by atoms with van der Waals surface area (Å²) in [7, 11) is 0. The fourth-order valence-electron chi connectivity index (χ4n) is 2.50. The normalized spacial score (nSPS) is 15.2. The summed E-state index contributed by atoms with van der Waals surface area (Å²) in [5.41, 5.74) is 1.61. The molecule has 138 valence electrons. The number of furan rings is 1. The van der Waals surface area contributed by atoms with Crippen LogP contribution in [0.3, 0.4) is 0 Å². The number of amides is 1. The fraction of sp³-hybridized carbons (Fsp3) is 0.158. The summed E-state index contributed by atoms with van der Waals surface area (Å²) in [5.74, 6) is -1.99. The average molecular weight is 368 g/mol. The Labute approximate surface area is 154 Å². The van der Waals surface area contributed by atoms with Crippen molar-refractivity contribution in [3.05, 3.63) is 59.1 Å². The predicted octanol–water partition coefficient (Wildman–Crippen LogP) is 2.96. The summed E-state index contributed by atoms with van der Waals surface area (Å²) < 4.78 is 10.1. The third-order valence-corrected chi connectivity index (χ3v) is 3.81. The predicted molar refractivity (Wildman–Crippen MR) is 96.6 cm³/mol. The summed E-state index contributed by atoms with van der Waals surface area (Å²) in [4.78, 5) is 35.3. The van der Waals surface area contributed by atoms with Crippen molar-refractivity contribution in [1.82, 2.24) is 0 Å². The van der Waals surface area contributed by atoms with E-state index in [0.29, 0.717) is 17.0 Å². The quantitative estimate of drug-likeness (QED) is 0.642. The zero-order chi connectivity index (χ0) is 19.6. The van der Waals surface area contributed by atoms with E-state index in [1.807, 2.05) is 0 Å². The van der Waals surface area contributed by atoms with Gasteiger partial charge in [0.1, 0.15) is 5.76 Å². The molecule has 0 saturated heterocycles. The number of hydrogen-bond acceptors (Lipinski definition) is 6. The Morgan fingerprint density at radius 3 is 2.52 bits per heavy atom. The Hall–Kier alpha value is -3.68. The van der Waals surface area contributed by atoms with Crippen LogP contribution < -0.4 is 5.01 Å². The second-order valence-corrected chi connectivity index (χ2v) is 5.63. The number of esters is 1. The van der Waals surface area contributed by atoms with Gasteiger partial charge >= 0.3 is 11.9 Å². The first kappa shape index (κ1) is 18.1. The molecule has 8 nitrogen and oxygen atoms in total. The van der Waals surface area contributed by atoms with E-state index in [9.17, 15) is 14.4 Å². The third-order valence-electron chi connectivity index (χ3n) is 3.81. The Morgan fingerprint density at radius 2 is 1.93 bits per heavy atom. The van der Waals surface area contributed by atoms with Crippen LogP contribution >= 0.6 is 0 Å². The number of carboxylic acids is 1. The molecule has 3 rings (SSSR count). The number of hydrazone groups is 1. The summed E-state index contributed by atoms with van der Waals surface area (Å²) in [6.45, 7) is 3.66. The molecule has 27 heavy (non-hydrogen) atoms. The molecule has 0 spiro atoms. The van der Waals surface area contributed by atoms with E-state index in [1.165, 1.54) is 23.2 Å². The second kappa shape index (κ2) is 7.28. The number of anilines is 1. The van der Waals surface area contributed by atoms with Crippen LogP contribution in [0.25, 0.3) is 6.08 Å². The van der Waals surface area contributed by atoms with Crippen molar-refractivity contribution >= 4 is 35.3 Å². The highest BCUT2D eigenvalue weighted by atomic mass is 16.5. The van der Waals surface area contributed by atoms with Crippen LogP contribution in [0.5, 0.6) is 0 Å². The molecular weight excluding hydrogens is 352 g/mol. The summed E-state index contributed by atoms with van der Waals surface area (Å²) >= 11 is 0. The largest absolute Gasteiger partial charge is 0.475 e. The molecule has 0 radical (unpaired) electrons. The van der Waals surface area contributed by atoms with Gasteiger partial charge in [-0.1, -0.05) is 0 Å². The van der Waals surface area contributed by atoms with Crippen molar-refractivity contribution in [3.8, 4) is 0 Å². The molecule has 0 aliphatic carbocycles. The number of benzene rings is 1. The van der Waals surface area contributed by atoms with E-state index in [-0.39, 0.29) is 29.6 Å². The van der Waals surface area contributed by atoms with Gasteiger partial charge in [0.25, 0.3) is 5.91 Å². The first-order valence-corrected chi connectivity index (χ1v) is 8.12. The highest BCUT2D eigenvalue weighted by Crippen LogP contribution is 2.26. The molecule has 0 atom stereocenters. The molecule has 0 fully saturated rings. The topological polar surface area (TPSA) is 109 Å². The third kappa shape index (κ3) is 3.64. The van der Waals surface area contributed by atoms with Crippen molar-refractivity contribution in [2.24, 2.45) is 5.10 Å². The molecule has 8 heteroatoms. The standard InChI is InChI=1S/C19H16N2O6/c1-3-26-19(25)12-4-6-13(7-5-12)21-17(22)15(11(2)20-21)10-14-8-9-16(27-14)18(23)24/h4-10H,3H2,1-2H3,(H,23,24)/b15-10-. The van der Waals surface area contributed by atoms with Crippen LogP contribution in [0.15, 0.2) is 51.5 Å². The molecule has 1 amide bonds. The lowest BCUT2D eigenvalue weighted by Crippen LogP contribution is -2.21. The van der Waals surface area contributed by atoms with Crippen molar-refractivity contribution in [3.63, 3.8) is 0 Å². The maximum atomic E-state index is 12.7. The maximum absolute atomic E-state index is 12.7. The number of hydrogen-bond donors (Lipinski definition) is 1. The minimum atomic E-state index is -1.19. The van der Waals surface area contributed by atoms with Gasteiger partial charge in [0.05, 0.1) is 29.1 Å². The molecule has 2 aromatic rings. The molecule has 2 heterocycles. The van der Waals surface area contributed by atoms with Gasteiger partial charge in [0, 0.05) is 0 Å². The SMILES string of the molecule is CCOC(=O)c1ccc(N2N=C(C)/C(=C/c3ccc(C(=O)O)o3)C2=O)cc1. The van der Waals surface area contributed by atoms with Crippen LogP contribution in [-0.4, -0.2) is 35.3 Å². The van der Waals surface area contributed by atoms with Crippen molar-refractivity contribution in [1.29, 1.82) is 0 Å². The van der Waals surface area contributed by atoms with E-state index in [0.717, 1.165) is 0 Å². The van der Waals surface area contributed by atoms with Crippen LogP contribution in [-0.2, 0) is 9.53 Å². The number of rotatable bonds is 5. The zero-order valence-electron chi connectivity index (χ0n) is 14.6. The lowest BCUT2D eigenvalue weighted by Gasteiger charge is -2.12. The molecule has 0 unspecified atom stereocenters. The molecule has 1 N–H and O–H groups in total. The summed E-state index contributed by atoms with van der Waals surface area (Å²) in [6, 6.07) is 9.08. The fourth-order valence-corrected chi connectivity index (χ4v) is 2.50. The van der Waals surface area contributed by atoms with E-state index >= 15 is 0 Å². The highest BCUT2D eigenvalue weighted by Gasteiger charge is 2.29. The number of ether oxygens (including phenoxy) is 1. The van der Waals surface area contributed by atoms with Crippen molar-refractivity contribution in [2.75, 3.05) is 11.6 Å². The lowest BCUT2D eigenvalue weighted by atomic mass is 10.1. The Morgan fingerprint density at radius 1 is 1.22 bits per heavy atom. The first-order chi connectivity index (χ1) is 12.9. The molecule has 0 bridgehead atoms. The molecule has 1 aromatic carbocycles. The maximum Gasteiger partial charge on any atom is 0.371 e. The number of nitrogens with zero attached hydrogens (tertiary/aromatic N) is 2. The van der Waals surface area contributed by atoms with Crippen LogP contribution in [0.1, 0.15) is 40.5 Å². The summed E-state index contributed by atoms with van der Waals surface area (Å²) in [6.07, 6.45) is 1.45. The molecule has 1 aromatic heterocycles. The smallest absolute Gasteiger partial charge is 0.371 e. The van der Waals surface area contributed by atoms with Crippen molar-refractivity contribution in [2.45, 2.75) is 13.8 Å². The first-order valence-electron chi connectivity index (χ1n) is 8.12. The van der Waals surface area contributed by atoms with Crippen LogP contribution in [0.4, 0.5) is 5.69 Å². The average Bonchev–Trinajstić information content (AvgIpc) is 3.23. The monoisotopic (exact) mass is 368 g/mol. The molecular formula is C19H16N2O6. The van der Waals surface area contributed by atoms with Crippen LogP contribution in [0.2, 0.25) is 0 Å². The van der Waals surface area contributed by atoms with Gasteiger partial charge in [-0.05, 0) is 56.3 Å². The van der Waals surface area contributed by atoms with E-state index in [4.69, 9.17) is 14.3 Å². The molecule has 0 saturated carbocycles. The van der Waals surface area contributed by atoms with E-state index in [2.05, 4.69) is 5.10 Å². The zero-order valence-corrected chi connectivity index (χ0v) is 14.6. The van der Waals surface area contributed by atoms with Gasteiger partial charge in [0.15, 0.2) is 0 Å². The highest BCUT2D eigenvalue weighted by molar-refractivity contribution is 6.32. The van der Waals surface area contributed by atoms with E-state index in [1.54, 1.807) is 38.1 Å². The number of carbonyl (C=O) groups is 3. The number of carbonyl (C=O) groups excluding carboxylic acids is 2.